The molecule has 0 radical (unpaired) electrons. The highest BCUT2D eigenvalue weighted by atomic mass is 127. The van der Waals surface area contributed by atoms with Crippen LogP contribution in [-0.2, 0) is 5.41 Å². The predicted octanol–water partition coefficient (Wildman–Crippen LogP) is 4.24. The van der Waals surface area contributed by atoms with Crippen LogP contribution in [0.2, 0.25) is 5.02 Å². The molecule has 2 heteroatoms. The minimum atomic E-state index is 0.182. The molecule has 0 nitrogen and oxygen atoms in total. The van der Waals surface area contributed by atoms with Crippen LogP contribution in [0.25, 0.3) is 0 Å². The van der Waals surface area contributed by atoms with Crippen LogP contribution in [0.3, 0.4) is 0 Å². The van der Waals surface area contributed by atoms with Gasteiger partial charge in [-0.15, -0.1) is 0 Å². The van der Waals surface area contributed by atoms with Gasteiger partial charge in [0, 0.05) is 3.57 Å². The lowest BCUT2D eigenvalue weighted by atomic mass is 9.87. The monoisotopic (exact) mass is 294 g/mol. The topological polar surface area (TPSA) is 0 Å². The van der Waals surface area contributed by atoms with Crippen LogP contribution in [-0.4, -0.2) is 0 Å². The van der Waals surface area contributed by atoms with E-state index in [-0.39, 0.29) is 5.41 Å². The molecular formula is C10H12ClI. The van der Waals surface area contributed by atoms with Gasteiger partial charge in [0.05, 0.1) is 5.02 Å². The Labute approximate surface area is 92.5 Å². The molecule has 66 valence electrons. The van der Waals surface area contributed by atoms with Gasteiger partial charge in [-0.2, -0.15) is 0 Å². The summed E-state index contributed by atoms with van der Waals surface area (Å²) < 4.78 is 1.17. The van der Waals surface area contributed by atoms with Gasteiger partial charge in [0.25, 0.3) is 0 Å². The van der Waals surface area contributed by atoms with E-state index in [0.29, 0.717) is 0 Å². The normalized spacial score (nSPS) is 11.8. The first-order chi connectivity index (χ1) is 5.43. The third kappa shape index (κ3) is 2.13. The average Bonchev–Trinajstić information content (AvgIpc) is 1.92. The van der Waals surface area contributed by atoms with Crippen LogP contribution < -0.4 is 0 Å². The fraction of sp³-hybridized carbons (Fsp3) is 0.400. The lowest BCUT2D eigenvalue weighted by molar-refractivity contribution is 0.587. The number of halogens is 2. The summed E-state index contributed by atoms with van der Waals surface area (Å²) in [5, 5.41) is 0.850. The quantitative estimate of drug-likeness (QED) is 0.628. The highest BCUT2D eigenvalue weighted by molar-refractivity contribution is 14.1. The van der Waals surface area contributed by atoms with Gasteiger partial charge in [-0.3, -0.25) is 0 Å². The van der Waals surface area contributed by atoms with E-state index in [4.69, 9.17) is 11.6 Å². The lowest BCUT2D eigenvalue weighted by Crippen LogP contribution is -2.12. The summed E-state index contributed by atoms with van der Waals surface area (Å²) >= 11 is 8.31. The van der Waals surface area contributed by atoms with Gasteiger partial charge in [-0.25, -0.2) is 0 Å². The maximum Gasteiger partial charge on any atom is 0.0542 e. The van der Waals surface area contributed by atoms with Crippen molar-refractivity contribution in [3.8, 4) is 0 Å². The van der Waals surface area contributed by atoms with Gasteiger partial charge in [0.1, 0.15) is 0 Å². The van der Waals surface area contributed by atoms with E-state index < -0.39 is 0 Å². The van der Waals surface area contributed by atoms with E-state index >= 15 is 0 Å². The summed E-state index contributed by atoms with van der Waals surface area (Å²) in [5.74, 6) is 0. The van der Waals surface area contributed by atoms with Crippen molar-refractivity contribution >= 4 is 34.2 Å². The molecule has 1 aromatic rings. The van der Waals surface area contributed by atoms with Crippen molar-refractivity contribution in [3.05, 3.63) is 32.4 Å². The van der Waals surface area contributed by atoms with Gasteiger partial charge in [0.15, 0.2) is 0 Å². The summed E-state index contributed by atoms with van der Waals surface area (Å²) in [7, 11) is 0. The summed E-state index contributed by atoms with van der Waals surface area (Å²) in [6.45, 7) is 6.59. The molecule has 0 spiro atoms. The summed E-state index contributed by atoms with van der Waals surface area (Å²) in [6.07, 6.45) is 0. The van der Waals surface area contributed by atoms with Crippen molar-refractivity contribution in [1.29, 1.82) is 0 Å². The second kappa shape index (κ2) is 3.54. The van der Waals surface area contributed by atoms with Crippen molar-refractivity contribution in [3.63, 3.8) is 0 Å². The third-order valence-electron chi connectivity index (χ3n) is 1.76. The molecule has 0 fully saturated rings. The van der Waals surface area contributed by atoms with E-state index in [9.17, 15) is 0 Å². The minimum Gasteiger partial charge on any atom is -0.0832 e. The van der Waals surface area contributed by atoms with Crippen molar-refractivity contribution in [2.45, 2.75) is 26.2 Å². The third-order valence-corrected chi connectivity index (χ3v) is 3.56. The van der Waals surface area contributed by atoms with Crippen molar-refractivity contribution in [2.75, 3.05) is 0 Å². The zero-order valence-electron chi connectivity index (χ0n) is 7.49. The van der Waals surface area contributed by atoms with Crippen LogP contribution in [0, 0.1) is 3.57 Å². The lowest BCUT2D eigenvalue weighted by Gasteiger charge is -2.21. The van der Waals surface area contributed by atoms with Gasteiger partial charge >= 0.3 is 0 Å². The molecule has 0 aromatic heterocycles. The fourth-order valence-electron chi connectivity index (χ4n) is 1.08. The molecule has 0 aliphatic carbocycles. The minimum absolute atomic E-state index is 0.182. The Hall–Kier alpha value is 0.240. The number of hydrogen-bond donors (Lipinski definition) is 0. The molecule has 0 amide bonds. The fourth-order valence-corrected chi connectivity index (χ4v) is 2.43. The molecule has 1 rings (SSSR count). The zero-order valence-corrected chi connectivity index (χ0v) is 10.4. The summed E-state index contributed by atoms with van der Waals surface area (Å²) in [5.41, 5.74) is 1.50. The molecule has 0 aliphatic heterocycles. The molecule has 0 aliphatic rings. The standard InChI is InChI=1S/C10H12ClI/c1-10(2,3)7-5-4-6-8(11)9(7)12/h4-6H,1-3H3. The van der Waals surface area contributed by atoms with Crippen LogP contribution in [0.15, 0.2) is 18.2 Å². The number of hydrogen-bond acceptors (Lipinski definition) is 0. The highest BCUT2D eigenvalue weighted by Crippen LogP contribution is 2.30. The molecule has 1 aromatic carbocycles. The molecule has 0 unspecified atom stereocenters. The van der Waals surface area contributed by atoms with Crippen molar-refractivity contribution < 1.29 is 0 Å². The molecule has 0 bridgehead atoms. The Morgan fingerprint density at radius 2 is 1.83 bits per heavy atom. The van der Waals surface area contributed by atoms with Crippen LogP contribution in [0.5, 0.6) is 0 Å². The smallest absolute Gasteiger partial charge is 0.0542 e. The van der Waals surface area contributed by atoms with E-state index in [1.165, 1.54) is 9.13 Å². The maximum atomic E-state index is 6.01. The largest absolute Gasteiger partial charge is 0.0832 e. The highest BCUT2D eigenvalue weighted by Gasteiger charge is 2.17. The average molecular weight is 295 g/mol. The second-order valence-corrected chi connectivity index (χ2v) is 5.34. The molecule has 0 N–H and O–H groups in total. The molecule has 0 saturated heterocycles. The van der Waals surface area contributed by atoms with Gasteiger partial charge in [-0.1, -0.05) is 44.5 Å². The molecule has 0 saturated carbocycles. The predicted molar refractivity (Wildman–Crippen MR) is 62.9 cm³/mol. The number of benzene rings is 1. The molecule has 0 heterocycles. The Morgan fingerprint density at radius 3 is 2.25 bits per heavy atom. The zero-order chi connectivity index (χ0) is 9.35. The van der Waals surface area contributed by atoms with Crippen LogP contribution >= 0.6 is 34.2 Å². The first-order valence-electron chi connectivity index (χ1n) is 3.87. The Balaban J connectivity index is 3.26. The Kier molecular flexibility index (Phi) is 3.05. The molecule has 0 atom stereocenters. The van der Waals surface area contributed by atoms with Crippen molar-refractivity contribution in [2.24, 2.45) is 0 Å². The summed E-state index contributed by atoms with van der Waals surface area (Å²) in [4.78, 5) is 0. The molecule has 12 heavy (non-hydrogen) atoms. The summed E-state index contributed by atoms with van der Waals surface area (Å²) in [6, 6.07) is 6.07. The van der Waals surface area contributed by atoms with Gasteiger partial charge in [-0.05, 0) is 39.6 Å². The van der Waals surface area contributed by atoms with E-state index in [2.05, 4.69) is 49.4 Å². The van der Waals surface area contributed by atoms with Crippen LogP contribution in [0.4, 0.5) is 0 Å². The van der Waals surface area contributed by atoms with Crippen molar-refractivity contribution in [1.82, 2.24) is 0 Å². The van der Waals surface area contributed by atoms with E-state index in [0.717, 1.165) is 5.02 Å². The maximum absolute atomic E-state index is 6.01. The second-order valence-electron chi connectivity index (χ2n) is 3.85. The van der Waals surface area contributed by atoms with Gasteiger partial charge < -0.3 is 0 Å². The SMILES string of the molecule is CC(C)(C)c1cccc(Cl)c1I. The Bertz CT molecular complexity index is 286. The van der Waals surface area contributed by atoms with E-state index in [1.807, 2.05) is 12.1 Å². The molecular weight excluding hydrogens is 282 g/mol. The number of rotatable bonds is 0. The first kappa shape index (κ1) is 10.3. The van der Waals surface area contributed by atoms with Gasteiger partial charge in [0.2, 0.25) is 0 Å². The Morgan fingerprint density at radius 1 is 1.25 bits per heavy atom. The first-order valence-corrected chi connectivity index (χ1v) is 5.33. The van der Waals surface area contributed by atoms with E-state index in [1.54, 1.807) is 0 Å². The van der Waals surface area contributed by atoms with Crippen LogP contribution in [0.1, 0.15) is 26.3 Å².